The third-order valence-corrected chi connectivity index (χ3v) is 14.4. The summed E-state index contributed by atoms with van der Waals surface area (Å²) in [7, 11) is -9.05. The van der Waals surface area contributed by atoms with E-state index in [0.717, 1.165) is 21.8 Å². The van der Waals surface area contributed by atoms with E-state index in [1.54, 1.807) is 64.1 Å². The van der Waals surface area contributed by atoms with Crippen molar-refractivity contribution in [3.05, 3.63) is 94.0 Å². The minimum atomic E-state index is -4.53. The minimum Gasteiger partial charge on any atom is -0.462 e. The van der Waals surface area contributed by atoms with Crippen LogP contribution in [0, 0.1) is 0 Å². The van der Waals surface area contributed by atoms with Gasteiger partial charge in [0.15, 0.2) is 34.8 Å². The fraction of sp³-hybridized carbons (Fsp3) is 0.455. The lowest BCUT2D eigenvalue weighted by Crippen LogP contribution is -2.44. The van der Waals surface area contributed by atoms with Crippen LogP contribution in [0.2, 0.25) is 0 Å². The third kappa shape index (κ3) is 13.4. The summed E-state index contributed by atoms with van der Waals surface area (Å²) >= 11 is 0. The number of imidazole rings is 2. The number of fused-ring (bicyclic) bond motifs is 2. The number of H-pyrrole nitrogens is 2. The van der Waals surface area contributed by atoms with E-state index >= 15 is 8.78 Å². The van der Waals surface area contributed by atoms with Gasteiger partial charge in [0.25, 0.3) is 22.8 Å². The lowest BCUT2D eigenvalue weighted by atomic mass is 10.1. The summed E-state index contributed by atoms with van der Waals surface area (Å²) in [5.74, 6) is -8.23. The molecular formula is C44H56F2N12O18P2. The molecule has 12 N–H and O–H groups in total. The molecule has 6 heterocycles. The Morgan fingerprint density at radius 1 is 0.667 bits per heavy atom. The lowest BCUT2D eigenvalue weighted by molar-refractivity contribution is -0.203. The van der Waals surface area contributed by atoms with Crippen molar-refractivity contribution in [3.63, 3.8) is 0 Å². The number of para-hydroxylation sites is 2. The molecule has 2 fully saturated rings. The summed E-state index contributed by atoms with van der Waals surface area (Å²) in [5.41, 5.74) is 9.14. The van der Waals surface area contributed by atoms with Gasteiger partial charge in [0, 0.05) is 0 Å². The molecule has 0 aliphatic carbocycles. The number of alkyl halides is 2. The van der Waals surface area contributed by atoms with Crippen LogP contribution in [0.3, 0.4) is 0 Å². The van der Waals surface area contributed by atoms with Gasteiger partial charge in [-0.1, -0.05) is 36.4 Å². The first-order valence-electron chi connectivity index (χ1n) is 23.5. The molecule has 2 aliphatic rings. The number of nitrogens with one attached hydrogen (secondary N) is 4. The summed E-state index contributed by atoms with van der Waals surface area (Å²) in [6, 6.07) is 13.1. The predicted octanol–water partition coefficient (Wildman–Crippen LogP) is 1.50. The van der Waals surface area contributed by atoms with E-state index in [0.29, 0.717) is 0 Å². The molecule has 424 valence electrons. The Morgan fingerprint density at radius 2 is 1.01 bits per heavy atom. The van der Waals surface area contributed by atoms with Gasteiger partial charge in [-0.05, 0) is 65.8 Å². The van der Waals surface area contributed by atoms with Crippen molar-refractivity contribution in [2.24, 2.45) is 0 Å². The lowest BCUT2D eigenvalue weighted by Gasteiger charge is -2.27. The van der Waals surface area contributed by atoms with Gasteiger partial charge < -0.3 is 59.9 Å². The zero-order valence-corrected chi connectivity index (χ0v) is 43.9. The molecule has 0 unspecified atom stereocenters. The number of rotatable bonds is 20. The van der Waals surface area contributed by atoms with Crippen molar-refractivity contribution in [2.45, 2.75) is 114 Å². The molecule has 0 bridgehead atoms. The van der Waals surface area contributed by atoms with Crippen LogP contribution in [0.1, 0.15) is 54.0 Å². The summed E-state index contributed by atoms with van der Waals surface area (Å²) < 4.78 is 103. The number of nitrogens with two attached hydrogens (primary N) is 2. The predicted molar refractivity (Wildman–Crippen MR) is 266 cm³/mol. The Labute approximate surface area is 439 Å². The first-order valence-corrected chi connectivity index (χ1v) is 26.6. The number of aromatic nitrogens is 8. The first kappa shape index (κ1) is 58.9. The number of carbonyl (C=O) groups excluding carboxylic acids is 2. The van der Waals surface area contributed by atoms with E-state index in [2.05, 4.69) is 40.1 Å². The molecule has 6 aromatic rings. The molecule has 0 amide bonds. The van der Waals surface area contributed by atoms with Crippen molar-refractivity contribution in [1.29, 1.82) is 0 Å². The highest BCUT2D eigenvalue weighted by Crippen LogP contribution is 2.50. The van der Waals surface area contributed by atoms with E-state index in [1.165, 1.54) is 38.1 Å². The summed E-state index contributed by atoms with van der Waals surface area (Å²) in [6.07, 6.45) is -10.3. The van der Waals surface area contributed by atoms with Crippen molar-refractivity contribution in [1.82, 2.24) is 49.2 Å². The van der Waals surface area contributed by atoms with Crippen LogP contribution in [0.15, 0.2) is 82.9 Å². The number of hydrogen-bond donors (Lipinski definition) is 10. The van der Waals surface area contributed by atoms with Crippen LogP contribution >= 0.6 is 15.5 Å². The van der Waals surface area contributed by atoms with Crippen LogP contribution in [0.4, 0.5) is 20.7 Å². The third-order valence-electron chi connectivity index (χ3n) is 11.1. The molecule has 2 aliphatic heterocycles. The van der Waals surface area contributed by atoms with Gasteiger partial charge in [-0.15, -0.1) is 0 Å². The number of anilines is 2. The summed E-state index contributed by atoms with van der Waals surface area (Å²) in [4.78, 5) is 68.8. The normalized spacial score (nSPS) is 25.5. The number of nitrogens with zero attached hydrogens (tertiary/aromatic N) is 6. The minimum absolute atomic E-state index is 0.0650. The maximum atomic E-state index is 15.9. The summed E-state index contributed by atoms with van der Waals surface area (Å²) in [5, 5.41) is 47.0. The monoisotopic (exact) mass is 1140 g/mol. The molecule has 30 nitrogen and oxygen atoms in total. The number of halogens is 2. The van der Waals surface area contributed by atoms with E-state index in [-0.39, 0.29) is 45.7 Å². The highest BCUT2D eigenvalue weighted by molar-refractivity contribution is 7.52. The van der Waals surface area contributed by atoms with E-state index < -0.39 is 125 Å². The molecule has 2 saturated heterocycles. The Morgan fingerprint density at radius 3 is 1.35 bits per heavy atom. The number of esters is 2. The largest absolute Gasteiger partial charge is 0.462 e. The molecule has 0 spiro atoms. The topological polar surface area (TPSA) is 426 Å². The second-order valence-corrected chi connectivity index (χ2v) is 21.4. The first-order chi connectivity index (χ1) is 36.6. The van der Waals surface area contributed by atoms with Crippen molar-refractivity contribution >= 4 is 61.7 Å². The van der Waals surface area contributed by atoms with Gasteiger partial charge in [0.05, 0.1) is 24.9 Å². The number of aliphatic hydroxyl groups is 4. The fourth-order valence-electron chi connectivity index (χ4n) is 7.46. The standard InChI is InChI=1S/2C22H28FN6O9P/c2*1-11(2)36-20(33)12(3)28-39(34,38-13-7-5-4-6-8-13)35-9-22(23)16(31)15(30)19(37-22)29-10-25-14-17(29)26-21(24)27-18(14)32/h2*4-8,10-12,15-16,19,30-31H,9H2,1-3H3,(H,28,34)(H3,24,26,27,32)/t12-,15-,16+,19-,22-,39+;12-,15-,16+,19-,22-,39-/m11/s1. The smallest absolute Gasteiger partial charge is 0.459 e. The van der Waals surface area contributed by atoms with Crippen LogP contribution in [0.25, 0.3) is 22.3 Å². The SMILES string of the molecule is CC(C)OC(=O)[C@@H](C)N[P@@](=O)(OC[C@@]1(F)O[C@@H](n2cnc3c(=O)[nH]c(N)nc32)[C@H](O)[C@@H]1O)Oc1ccccc1.CC(C)OC(=O)[C@@H](C)N[P@](=O)(OC[C@@]1(F)O[C@@H](n2cnc3c(=O)[nH]c(N)nc32)[C@H](O)[C@@H]1O)Oc1ccccc1. The van der Waals surface area contributed by atoms with Crippen LogP contribution < -0.4 is 41.8 Å². The maximum absolute atomic E-state index is 15.9. The Balaban J connectivity index is 0.000000226. The molecule has 12 atom stereocenters. The zero-order valence-electron chi connectivity index (χ0n) is 42.1. The Kier molecular flexibility index (Phi) is 17.9. The second-order valence-electron chi connectivity index (χ2n) is 18.0. The number of aromatic amines is 2. The zero-order chi connectivity index (χ0) is 57.1. The van der Waals surface area contributed by atoms with Crippen LogP contribution in [0.5, 0.6) is 11.5 Å². The van der Waals surface area contributed by atoms with E-state index in [4.69, 9.17) is 48.5 Å². The van der Waals surface area contributed by atoms with Gasteiger partial charge in [-0.25, -0.2) is 27.9 Å². The molecule has 78 heavy (non-hydrogen) atoms. The molecule has 0 radical (unpaired) electrons. The Bertz CT molecular complexity index is 3090. The number of carbonyl (C=O) groups is 2. The average molecular weight is 1140 g/mol. The number of benzene rings is 2. The van der Waals surface area contributed by atoms with Gasteiger partial charge in [0.2, 0.25) is 11.9 Å². The van der Waals surface area contributed by atoms with Crippen molar-refractivity contribution in [2.75, 3.05) is 24.7 Å². The molecule has 34 heteroatoms. The van der Waals surface area contributed by atoms with Gasteiger partial charge in [-0.2, -0.15) is 20.1 Å². The van der Waals surface area contributed by atoms with Crippen LogP contribution in [-0.4, -0.2) is 145 Å². The Hall–Kier alpha value is -6.80. The van der Waals surface area contributed by atoms with E-state index in [9.17, 15) is 48.7 Å². The molecular weight excluding hydrogens is 1080 g/mol. The molecule has 8 rings (SSSR count). The quantitative estimate of drug-likeness (QED) is 0.0382. The molecule has 0 saturated carbocycles. The highest BCUT2D eigenvalue weighted by Gasteiger charge is 2.59. The van der Waals surface area contributed by atoms with E-state index in [1.807, 2.05) is 0 Å². The number of hydrogen-bond acceptors (Lipinski definition) is 24. The van der Waals surface area contributed by atoms with Crippen molar-refractivity contribution in [3.8, 4) is 11.5 Å². The van der Waals surface area contributed by atoms with Gasteiger partial charge in [-0.3, -0.25) is 47.3 Å². The molecule has 4 aromatic heterocycles. The highest BCUT2D eigenvalue weighted by atomic mass is 31.2. The second kappa shape index (κ2) is 23.7. The average Bonchev–Trinajstić information content (AvgIpc) is 4.19. The van der Waals surface area contributed by atoms with Crippen molar-refractivity contribution < 1.29 is 85.0 Å². The van der Waals surface area contributed by atoms with Gasteiger partial charge in [0.1, 0.15) is 61.2 Å². The fourth-order valence-corrected chi connectivity index (χ4v) is 10.5. The van der Waals surface area contributed by atoms with Crippen LogP contribution in [-0.2, 0) is 46.7 Å². The number of nitrogen functional groups attached to an aromatic ring is 2. The number of aliphatic hydroxyl groups excluding tert-OH is 4. The molecule has 2 aromatic carbocycles. The summed E-state index contributed by atoms with van der Waals surface area (Å²) in [6.45, 7) is 6.74. The maximum Gasteiger partial charge on any atom is 0.459 e. The number of ether oxygens (including phenoxy) is 4. The van der Waals surface area contributed by atoms with Gasteiger partial charge >= 0.3 is 27.4 Å².